The van der Waals surface area contributed by atoms with Crippen LogP contribution in [0, 0.1) is 11.8 Å². The highest BCUT2D eigenvalue weighted by molar-refractivity contribution is 5.78. The van der Waals surface area contributed by atoms with Crippen LogP contribution in [0.2, 0.25) is 0 Å². The van der Waals surface area contributed by atoms with E-state index in [4.69, 9.17) is 0 Å². The van der Waals surface area contributed by atoms with Crippen molar-refractivity contribution in [2.24, 2.45) is 11.8 Å². The molecule has 20 heavy (non-hydrogen) atoms. The second-order valence-corrected chi connectivity index (χ2v) is 6.45. The van der Waals surface area contributed by atoms with Crippen LogP contribution in [-0.2, 0) is 4.79 Å². The summed E-state index contributed by atoms with van der Waals surface area (Å²) >= 11 is 0. The maximum absolute atomic E-state index is 12.0. The molecule has 0 radical (unpaired) electrons. The maximum atomic E-state index is 12.0. The second-order valence-electron chi connectivity index (χ2n) is 6.45. The van der Waals surface area contributed by atoms with Gasteiger partial charge in [0, 0.05) is 12.8 Å². The van der Waals surface area contributed by atoms with E-state index in [-0.39, 0.29) is 0 Å². The molecule has 120 valence electrons. The highest BCUT2D eigenvalue weighted by Gasteiger charge is 2.12. The van der Waals surface area contributed by atoms with Crippen molar-refractivity contribution in [2.45, 2.75) is 105 Å². The molecule has 0 aromatic carbocycles. The maximum Gasteiger partial charge on any atom is 0.132 e. The van der Waals surface area contributed by atoms with Gasteiger partial charge in [-0.1, -0.05) is 79.1 Å². The zero-order chi connectivity index (χ0) is 15.2. The van der Waals surface area contributed by atoms with Crippen molar-refractivity contribution in [2.75, 3.05) is 0 Å². The van der Waals surface area contributed by atoms with Gasteiger partial charge in [0.25, 0.3) is 0 Å². The molecule has 0 spiro atoms. The third-order valence-corrected chi connectivity index (χ3v) is 4.75. The summed E-state index contributed by atoms with van der Waals surface area (Å²) in [5.74, 6) is 2.07. The summed E-state index contributed by atoms with van der Waals surface area (Å²) in [4.78, 5) is 12.0. The lowest BCUT2D eigenvalue weighted by atomic mass is 9.90. The lowest BCUT2D eigenvalue weighted by Gasteiger charge is -2.15. The molecule has 0 N–H and O–H groups in total. The highest BCUT2D eigenvalue weighted by atomic mass is 16.1. The van der Waals surface area contributed by atoms with Gasteiger partial charge in [-0.05, 0) is 24.7 Å². The topological polar surface area (TPSA) is 17.1 Å². The van der Waals surface area contributed by atoms with Gasteiger partial charge in [-0.15, -0.1) is 0 Å². The van der Waals surface area contributed by atoms with Crippen molar-refractivity contribution >= 4 is 5.78 Å². The van der Waals surface area contributed by atoms with Crippen LogP contribution in [0.25, 0.3) is 0 Å². The van der Waals surface area contributed by atoms with Gasteiger partial charge in [0.05, 0.1) is 0 Å². The molecule has 0 amide bonds. The van der Waals surface area contributed by atoms with Gasteiger partial charge < -0.3 is 0 Å². The fourth-order valence-corrected chi connectivity index (χ4v) is 2.95. The molecule has 0 aliphatic rings. The molecule has 0 aliphatic carbocycles. The SMILES string of the molecule is CCCC[C@@H](CC)CCC(=O)CC[C@@H](CC)CCCC. The minimum Gasteiger partial charge on any atom is -0.300 e. The van der Waals surface area contributed by atoms with Crippen molar-refractivity contribution in [3.63, 3.8) is 0 Å². The monoisotopic (exact) mass is 282 g/mol. The van der Waals surface area contributed by atoms with E-state index in [1.165, 1.54) is 51.4 Å². The quantitative estimate of drug-likeness (QED) is 0.353. The van der Waals surface area contributed by atoms with Crippen LogP contribution in [0.3, 0.4) is 0 Å². The standard InChI is InChI=1S/C19H38O/c1-5-9-11-17(7-3)13-15-19(20)16-14-18(8-4)12-10-6-2/h17-18H,5-16H2,1-4H3/t17-,18+. The Morgan fingerprint density at radius 1 is 0.700 bits per heavy atom. The highest BCUT2D eigenvalue weighted by Crippen LogP contribution is 2.22. The molecule has 0 fully saturated rings. The summed E-state index contributed by atoms with van der Waals surface area (Å²) in [7, 11) is 0. The van der Waals surface area contributed by atoms with Crippen molar-refractivity contribution < 1.29 is 4.79 Å². The van der Waals surface area contributed by atoms with E-state index < -0.39 is 0 Å². The van der Waals surface area contributed by atoms with Gasteiger partial charge >= 0.3 is 0 Å². The Kier molecular flexibility index (Phi) is 13.4. The van der Waals surface area contributed by atoms with Crippen LogP contribution in [0.15, 0.2) is 0 Å². The van der Waals surface area contributed by atoms with Crippen molar-refractivity contribution in [1.82, 2.24) is 0 Å². The van der Waals surface area contributed by atoms with Crippen molar-refractivity contribution in [1.29, 1.82) is 0 Å². The Bertz CT molecular complexity index is 200. The van der Waals surface area contributed by atoms with Crippen LogP contribution in [0.5, 0.6) is 0 Å². The lowest BCUT2D eigenvalue weighted by Crippen LogP contribution is -2.07. The molecular formula is C19H38O. The number of unbranched alkanes of at least 4 members (excludes halogenated alkanes) is 2. The fourth-order valence-electron chi connectivity index (χ4n) is 2.95. The lowest BCUT2D eigenvalue weighted by molar-refractivity contribution is -0.119. The van der Waals surface area contributed by atoms with Crippen molar-refractivity contribution in [3.05, 3.63) is 0 Å². The van der Waals surface area contributed by atoms with Crippen LogP contribution in [0.4, 0.5) is 0 Å². The predicted octanol–water partition coefficient (Wildman–Crippen LogP) is 6.55. The fraction of sp³-hybridized carbons (Fsp3) is 0.947. The summed E-state index contributed by atoms with van der Waals surface area (Å²) < 4.78 is 0. The smallest absolute Gasteiger partial charge is 0.132 e. The van der Waals surface area contributed by atoms with Crippen LogP contribution in [0.1, 0.15) is 105 Å². The Balaban J connectivity index is 3.80. The summed E-state index contributed by atoms with van der Waals surface area (Å²) in [6.45, 7) is 9.03. The largest absolute Gasteiger partial charge is 0.300 e. The average molecular weight is 283 g/mol. The van der Waals surface area contributed by atoms with Gasteiger partial charge in [-0.3, -0.25) is 4.79 Å². The first-order chi connectivity index (χ1) is 9.67. The number of rotatable bonds is 14. The van der Waals surface area contributed by atoms with E-state index in [1.54, 1.807) is 0 Å². The van der Waals surface area contributed by atoms with E-state index >= 15 is 0 Å². The summed E-state index contributed by atoms with van der Waals surface area (Å²) in [5.41, 5.74) is 0. The molecule has 0 aromatic heterocycles. The average Bonchev–Trinajstić information content (AvgIpc) is 2.47. The number of ketones is 1. The molecule has 2 atom stereocenters. The molecule has 0 rings (SSSR count). The summed E-state index contributed by atoms with van der Waals surface area (Å²) in [6, 6.07) is 0. The molecule has 0 aromatic rings. The number of Topliss-reactive ketones (excluding diaryl/α,β-unsaturated/α-hetero) is 1. The third kappa shape index (κ3) is 10.5. The number of carbonyl (C=O) groups excluding carboxylic acids is 1. The molecule has 1 heteroatoms. The van der Waals surface area contributed by atoms with Gasteiger partial charge in [-0.2, -0.15) is 0 Å². The predicted molar refractivity (Wildman–Crippen MR) is 90.1 cm³/mol. The molecule has 0 saturated carbocycles. The Morgan fingerprint density at radius 2 is 1.10 bits per heavy atom. The zero-order valence-electron chi connectivity index (χ0n) is 14.5. The van der Waals surface area contributed by atoms with Crippen LogP contribution < -0.4 is 0 Å². The van der Waals surface area contributed by atoms with E-state index in [0.717, 1.165) is 37.5 Å². The molecule has 0 heterocycles. The summed E-state index contributed by atoms with van der Waals surface area (Å²) in [5, 5.41) is 0. The molecule has 0 saturated heterocycles. The van der Waals surface area contributed by atoms with E-state index in [0.29, 0.717) is 5.78 Å². The Labute approximate surface area is 127 Å². The van der Waals surface area contributed by atoms with Gasteiger partial charge in [0.2, 0.25) is 0 Å². The van der Waals surface area contributed by atoms with Crippen molar-refractivity contribution in [3.8, 4) is 0 Å². The first kappa shape index (κ1) is 19.7. The zero-order valence-corrected chi connectivity index (χ0v) is 14.5. The van der Waals surface area contributed by atoms with Gasteiger partial charge in [0.15, 0.2) is 0 Å². The van der Waals surface area contributed by atoms with Crippen LogP contribution in [-0.4, -0.2) is 5.78 Å². The second kappa shape index (κ2) is 13.6. The minimum atomic E-state index is 0.509. The number of hydrogen-bond acceptors (Lipinski definition) is 1. The van der Waals surface area contributed by atoms with Gasteiger partial charge in [0.1, 0.15) is 5.78 Å². The van der Waals surface area contributed by atoms with Gasteiger partial charge in [-0.25, -0.2) is 0 Å². The normalized spacial score (nSPS) is 14.2. The first-order valence-electron chi connectivity index (χ1n) is 9.19. The molecule has 1 nitrogen and oxygen atoms in total. The molecular weight excluding hydrogens is 244 g/mol. The minimum absolute atomic E-state index is 0.509. The first-order valence-corrected chi connectivity index (χ1v) is 9.19. The Morgan fingerprint density at radius 3 is 1.40 bits per heavy atom. The summed E-state index contributed by atoms with van der Waals surface area (Å²) in [6.07, 6.45) is 14.2. The molecule has 0 aliphatic heterocycles. The number of carbonyl (C=O) groups is 1. The molecule has 0 bridgehead atoms. The Hall–Kier alpha value is -0.330. The van der Waals surface area contributed by atoms with E-state index in [2.05, 4.69) is 27.7 Å². The van der Waals surface area contributed by atoms with E-state index in [9.17, 15) is 4.79 Å². The van der Waals surface area contributed by atoms with E-state index in [1.807, 2.05) is 0 Å². The van der Waals surface area contributed by atoms with Crippen LogP contribution >= 0.6 is 0 Å². The molecule has 0 unspecified atom stereocenters. The third-order valence-electron chi connectivity index (χ3n) is 4.75. The number of hydrogen-bond donors (Lipinski definition) is 0.